The van der Waals surface area contributed by atoms with Gasteiger partial charge in [0.2, 0.25) is 0 Å². The van der Waals surface area contributed by atoms with Crippen LogP contribution in [-0.4, -0.2) is 4.98 Å². The summed E-state index contributed by atoms with van der Waals surface area (Å²) in [5, 5.41) is 1.76. The third kappa shape index (κ3) is 1.92. The summed E-state index contributed by atoms with van der Waals surface area (Å²) in [5.74, 6) is 0. The zero-order valence-corrected chi connectivity index (χ0v) is 11.5. The highest BCUT2D eigenvalue weighted by atomic mass is 35.5. The van der Waals surface area contributed by atoms with E-state index in [9.17, 15) is 0 Å². The SMILES string of the molecule is [CH2]c1c(C)ccc2sc(-c3ccc(Cl)cc3)nc12. The molecule has 0 atom stereocenters. The van der Waals surface area contributed by atoms with Crippen LogP contribution in [0.4, 0.5) is 0 Å². The minimum Gasteiger partial charge on any atom is -0.236 e. The van der Waals surface area contributed by atoms with E-state index in [-0.39, 0.29) is 0 Å². The Hall–Kier alpha value is -1.38. The molecule has 3 heteroatoms. The normalized spacial score (nSPS) is 11.1. The largest absolute Gasteiger partial charge is 0.236 e. The molecule has 0 spiro atoms. The second kappa shape index (κ2) is 4.38. The Bertz CT molecular complexity index is 713. The Morgan fingerprint density at radius 2 is 1.83 bits per heavy atom. The maximum Gasteiger partial charge on any atom is 0.124 e. The molecule has 0 saturated heterocycles. The van der Waals surface area contributed by atoms with Crippen molar-refractivity contribution in [3.8, 4) is 10.6 Å². The van der Waals surface area contributed by atoms with E-state index in [4.69, 9.17) is 11.6 Å². The van der Waals surface area contributed by atoms with Gasteiger partial charge in [-0.2, -0.15) is 0 Å². The molecule has 0 saturated carbocycles. The average Bonchev–Trinajstić information content (AvgIpc) is 2.80. The van der Waals surface area contributed by atoms with Gasteiger partial charge in [0.25, 0.3) is 0 Å². The molecular formula is C15H11ClNS. The molecule has 0 aliphatic carbocycles. The minimum absolute atomic E-state index is 0.744. The number of hydrogen-bond donors (Lipinski definition) is 0. The average molecular weight is 273 g/mol. The van der Waals surface area contributed by atoms with Crippen molar-refractivity contribution in [3.63, 3.8) is 0 Å². The van der Waals surface area contributed by atoms with Gasteiger partial charge in [0.05, 0.1) is 10.2 Å². The number of halogens is 1. The molecule has 0 aliphatic heterocycles. The maximum atomic E-state index is 5.90. The van der Waals surface area contributed by atoms with Gasteiger partial charge in [0, 0.05) is 10.6 Å². The molecular weight excluding hydrogens is 262 g/mol. The van der Waals surface area contributed by atoms with Gasteiger partial charge in [-0.1, -0.05) is 29.8 Å². The van der Waals surface area contributed by atoms with Gasteiger partial charge in [-0.3, -0.25) is 0 Å². The molecule has 89 valence electrons. The summed E-state index contributed by atoms with van der Waals surface area (Å²) in [6.45, 7) is 6.15. The lowest BCUT2D eigenvalue weighted by molar-refractivity contribution is 1.40. The summed E-state index contributed by atoms with van der Waals surface area (Å²) in [6.07, 6.45) is 0. The van der Waals surface area contributed by atoms with E-state index in [1.54, 1.807) is 11.3 Å². The lowest BCUT2D eigenvalue weighted by Crippen LogP contribution is -1.82. The number of thiazole rings is 1. The molecule has 3 rings (SSSR count). The summed E-state index contributed by atoms with van der Waals surface area (Å²) in [4.78, 5) is 4.69. The van der Waals surface area contributed by atoms with Crippen LogP contribution in [-0.2, 0) is 0 Å². The van der Waals surface area contributed by atoms with Crippen LogP contribution >= 0.6 is 22.9 Å². The monoisotopic (exact) mass is 272 g/mol. The fourth-order valence-electron chi connectivity index (χ4n) is 1.87. The van der Waals surface area contributed by atoms with Crippen LogP contribution in [0.25, 0.3) is 20.8 Å². The summed E-state index contributed by atoms with van der Waals surface area (Å²) in [6, 6.07) is 12.0. The van der Waals surface area contributed by atoms with Gasteiger partial charge >= 0.3 is 0 Å². The number of benzene rings is 2. The molecule has 0 aliphatic rings. The third-order valence-corrected chi connectivity index (χ3v) is 4.31. The van der Waals surface area contributed by atoms with Crippen LogP contribution in [0, 0.1) is 13.8 Å². The van der Waals surface area contributed by atoms with Crippen molar-refractivity contribution >= 4 is 33.2 Å². The van der Waals surface area contributed by atoms with Crippen LogP contribution in [0.2, 0.25) is 5.02 Å². The van der Waals surface area contributed by atoms with Gasteiger partial charge in [0.1, 0.15) is 5.01 Å². The molecule has 0 fully saturated rings. The van der Waals surface area contributed by atoms with Crippen molar-refractivity contribution in [3.05, 3.63) is 59.5 Å². The molecule has 18 heavy (non-hydrogen) atoms. The summed E-state index contributed by atoms with van der Waals surface area (Å²) in [7, 11) is 0. The molecule has 0 amide bonds. The molecule has 1 aromatic heterocycles. The number of aromatic nitrogens is 1. The van der Waals surface area contributed by atoms with Gasteiger partial charge in [-0.05, 0) is 43.2 Å². The molecule has 0 N–H and O–H groups in total. The fraction of sp³-hybridized carbons (Fsp3) is 0.0667. The Balaban J connectivity index is 2.19. The zero-order valence-electron chi connectivity index (χ0n) is 9.90. The smallest absolute Gasteiger partial charge is 0.124 e. The molecule has 0 bridgehead atoms. The van der Waals surface area contributed by atoms with E-state index in [2.05, 4.69) is 31.0 Å². The number of aryl methyl sites for hydroxylation is 1. The van der Waals surface area contributed by atoms with E-state index in [0.717, 1.165) is 26.7 Å². The predicted octanol–water partition coefficient (Wildman–Crippen LogP) is 5.11. The Labute approximate surface area is 115 Å². The van der Waals surface area contributed by atoms with Gasteiger partial charge in [-0.25, -0.2) is 4.98 Å². The Morgan fingerprint density at radius 1 is 1.11 bits per heavy atom. The second-order valence-electron chi connectivity index (χ2n) is 4.23. The van der Waals surface area contributed by atoms with E-state index in [1.807, 2.05) is 24.3 Å². The van der Waals surface area contributed by atoms with E-state index in [1.165, 1.54) is 10.3 Å². The predicted molar refractivity (Wildman–Crippen MR) is 79.3 cm³/mol. The fourth-order valence-corrected chi connectivity index (χ4v) is 2.99. The highest BCUT2D eigenvalue weighted by Gasteiger charge is 2.09. The zero-order chi connectivity index (χ0) is 12.7. The summed E-state index contributed by atoms with van der Waals surface area (Å²) >= 11 is 7.58. The van der Waals surface area contributed by atoms with Crippen LogP contribution < -0.4 is 0 Å². The minimum atomic E-state index is 0.744. The first-order valence-electron chi connectivity index (χ1n) is 5.63. The van der Waals surface area contributed by atoms with Crippen molar-refractivity contribution in [2.24, 2.45) is 0 Å². The van der Waals surface area contributed by atoms with Gasteiger partial charge < -0.3 is 0 Å². The van der Waals surface area contributed by atoms with Gasteiger partial charge in [-0.15, -0.1) is 11.3 Å². The van der Waals surface area contributed by atoms with Crippen molar-refractivity contribution in [1.82, 2.24) is 4.98 Å². The van der Waals surface area contributed by atoms with Crippen molar-refractivity contribution in [2.45, 2.75) is 6.92 Å². The first kappa shape index (κ1) is 11.7. The maximum absolute atomic E-state index is 5.90. The molecule has 1 nitrogen and oxygen atoms in total. The third-order valence-electron chi connectivity index (χ3n) is 2.99. The van der Waals surface area contributed by atoms with E-state index >= 15 is 0 Å². The lowest BCUT2D eigenvalue weighted by atomic mass is 10.1. The van der Waals surface area contributed by atoms with Crippen LogP contribution in [0.5, 0.6) is 0 Å². The number of nitrogens with zero attached hydrogens (tertiary/aromatic N) is 1. The summed E-state index contributed by atoms with van der Waals surface area (Å²) in [5.41, 5.74) is 4.29. The number of fused-ring (bicyclic) bond motifs is 1. The number of hydrogen-bond acceptors (Lipinski definition) is 2. The summed E-state index contributed by atoms with van der Waals surface area (Å²) < 4.78 is 1.18. The topological polar surface area (TPSA) is 12.9 Å². The number of rotatable bonds is 1. The lowest BCUT2D eigenvalue weighted by Gasteiger charge is -1.98. The quantitative estimate of drug-likeness (QED) is 0.600. The first-order valence-corrected chi connectivity index (χ1v) is 6.82. The molecule has 0 unspecified atom stereocenters. The molecule has 1 radical (unpaired) electrons. The Morgan fingerprint density at radius 3 is 2.56 bits per heavy atom. The molecule has 3 aromatic rings. The Kier molecular flexibility index (Phi) is 2.84. The van der Waals surface area contributed by atoms with Crippen LogP contribution in [0.3, 0.4) is 0 Å². The first-order chi connectivity index (χ1) is 8.65. The van der Waals surface area contributed by atoms with E-state index in [0.29, 0.717) is 0 Å². The van der Waals surface area contributed by atoms with Crippen molar-refractivity contribution < 1.29 is 0 Å². The second-order valence-corrected chi connectivity index (χ2v) is 5.70. The standard InChI is InChI=1S/C15H11ClNS/c1-9-3-8-13-14(10(9)2)17-15(18-13)11-4-6-12(16)7-5-11/h3-8H,2H2,1H3. The molecule has 2 aromatic carbocycles. The highest BCUT2D eigenvalue weighted by molar-refractivity contribution is 7.21. The van der Waals surface area contributed by atoms with Gasteiger partial charge in [0.15, 0.2) is 0 Å². The highest BCUT2D eigenvalue weighted by Crippen LogP contribution is 2.33. The van der Waals surface area contributed by atoms with Crippen molar-refractivity contribution in [1.29, 1.82) is 0 Å². The van der Waals surface area contributed by atoms with Crippen molar-refractivity contribution in [2.75, 3.05) is 0 Å². The van der Waals surface area contributed by atoms with Crippen LogP contribution in [0.1, 0.15) is 11.1 Å². The van der Waals surface area contributed by atoms with Crippen LogP contribution in [0.15, 0.2) is 36.4 Å². The molecule has 1 heterocycles. The van der Waals surface area contributed by atoms with E-state index < -0.39 is 0 Å².